The first-order valence-electron chi connectivity index (χ1n) is 12.4. The quantitative estimate of drug-likeness (QED) is 0.230. The third-order valence-electron chi connectivity index (χ3n) is 6.74. The van der Waals surface area contributed by atoms with Crippen LogP contribution in [0.1, 0.15) is 45.6 Å². The molecule has 3 atom stereocenters. The number of ketones is 1. The van der Waals surface area contributed by atoms with Crippen molar-refractivity contribution in [3.05, 3.63) is 35.9 Å². The van der Waals surface area contributed by atoms with Crippen molar-refractivity contribution in [3.63, 3.8) is 0 Å². The average molecular weight is 476 g/mol. The van der Waals surface area contributed by atoms with Crippen LogP contribution in [0.3, 0.4) is 0 Å². The molecule has 1 fully saturated rings. The maximum absolute atomic E-state index is 13.3. The Hall–Kier alpha value is -2.29. The Balaban J connectivity index is 1.95. The Morgan fingerprint density at radius 2 is 1.82 bits per heavy atom. The monoisotopic (exact) mass is 475 g/mol. The maximum atomic E-state index is 13.3. The van der Waals surface area contributed by atoms with Gasteiger partial charge in [0.15, 0.2) is 0 Å². The molecule has 8 nitrogen and oxygen atoms in total. The van der Waals surface area contributed by atoms with Gasteiger partial charge in [-0.1, -0.05) is 44.2 Å². The molecule has 1 aliphatic rings. The van der Waals surface area contributed by atoms with Crippen molar-refractivity contribution in [3.8, 4) is 0 Å². The fourth-order valence-electron chi connectivity index (χ4n) is 4.41. The molecule has 1 aliphatic heterocycles. The Morgan fingerprint density at radius 1 is 1.15 bits per heavy atom. The fourth-order valence-corrected chi connectivity index (χ4v) is 4.41. The van der Waals surface area contributed by atoms with E-state index in [0.717, 1.165) is 32.5 Å². The number of benzene rings is 1. The van der Waals surface area contributed by atoms with E-state index in [0.29, 0.717) is 37.7 Å². The van der Waals surface area contributed by atoms with Gasteiger partial charge in [0, 0.05) is 44.4 Å². The van der Waals surface area contributed by atoms with Gasteiger partial charge in [-0.25, -0.2) is 5.06 Å². The Morgan fingerprint density at radius 3 is 2.44 bits per heavy atom. The molecule has 1 aromatic carbocycles. The zero-order valence-corrected chi connectivity index (χ0v) is 20.8. The zero-order chi connectivity index (χ0) is 24.9. The molecule has 8 heteroatoms. The number of hydrogen-bond acceptors (Lipinski definition) is 6. The largest absolute Gasteiger partial charge is 0.379 e. The molecule has 1 saturated heterocycles. The minimum absolute atomic E-state index is 0.0103. The van der Waals surface area contributed by atoms with Gasteiger partial charge >= 0.3 is 0 Å². The van der Waals surface area contributed by atoms with Crippen molar-refractivity contribution in [2.24, 2.45) is 17.8 Å². The second-order valence-corrected chi connectivity index (χ2v) is 9.48. The number of aryl methyl sites for hydroxylation is 1. The highest BCUT2D eigenvalue weighted by Gasteiger charge is 2.33. The topological polar surface area (TPSA) is 99.2 Å². The lowest BCUT2D eigenvalue weighted by atomic mass is 9.82. The van der Waals surface area contributed by atoms with Crippen molar-refractivity contribution in [1.29, 1.82) is 0 Å². The molecule has 0 spiro atoms. The normalized spacial score (nSPS) is 17.1. The lowest BCUT2D eigenvalue weighted by Crippen LogP contribution is -2.44. The number of amides is 2. The summed E-state index contributed by atoms with van der Waals surface area (Å²) in [6, 6.07) is 9.35. The summed E-state index contributed by atoms with van der Waals surface area (Å²) in [6.07, 6.45) is 2.51. The molecule has 2 amide bonds. The first-order chi connectivity index (χ1) is 16.3. The number of carbonyl (C=O) groups is 3. The number of hydroxylamine groups is 2. The number of carbonyl (C=O) groups excluding carboxylic acids is 3. The summed E-state index contributed by atoms with van der Waals surface area (Å²) in [6.45, 7) is 9.99. The Bertz CT molecular complexity index is 752. The van der Waals surface area contributed by atoms with Gasteiger partial charge in [0.1, 0.15) is 5.78 Å². The summed E-state index contributed by atoms with van der Waals surface area (Å²) in [4.78, 5) is 39.6. The van der Waals surface area contributed by atoms with Crippen LogP contribution in [0.15, 0.2) is 30.3 Å². The molecular weight excluding hydrogens is 434 g/mol. The summed E-state index contributed by atoms with van der Waals surface area (Å²) < 4.78 is 5.35. The van der Waals surface area contributed by atoms with Gasteiger partial charge < -0.3 is 10.1 Å². The van der Waals surface area contributed by atoms with E-state index in [1.807, 2.05) is 44.2 Å². The van der Waals surface area contributed by atoms with Crippen molar-refractivity contribution in [1.82, 2.24) is 15.3 Å². The van der Waals surface area contributed by atoms with Crippen LogP contribution in [-0.4, -0.2) is 78.7 Å². The van der Waals surface area contributed by atoms with E-state index in [-0.39, 0.29) is 24.0 Å². The molecule has 34 heavy (non-hydrogen) atoms. The summed E-state index contributed by atoms with van der Waals surface area (Å²) >= 11 is 0. The lowest BCUT2D eigenvalue weighted by Gasteiger charge is -2.29. The molecule has 190 valence electrons. The van der Waals surface area contributed by atoms with E-state index in [2.05, 4.69) is 10.2 Å². The van der Waals surface area contributed by atoms with Crippen molar-refractivity contribution in [2.75, 3.05) is 39.4 Å². The van der Waals surface area contributed by atoms with E-state index in [1.54, 1.807) is 6.92 Å². The molecule has 2 N–H and O–H groups in total. The van der Waals surface area contributed by atoms with Gasteiger partial charge in [0.25, 0.3) is 0 Å². The predicted molar refractivity (Wildman–Crippen MR) is 130 cm³/mol. The average Bonchev–Trinajstić information content (AvgIpc) is 2.85. The van der Waals surface area contributed by atoms with Gasteiger partial charge in [0.2, 0.25) is 12.3 Å². The molecule has 2 rings (SSSR count). The smallest absolute Gasteiger partial charge is 0.233 e. The lowest BCUT2D eigenvalue weighted by molar-refractivity contribution is -0.166. The van der Waals surface area contributed by atoms with Crippen LogP contribution >= 0.6 is 0 Å². The highest BCUT2D eigenvalue weighted by Crippen LogP contribution is 2.25. The summed E-state index contributed by atoms with van der Waals surface area (Å²) in [5, 5.41) is 13.5. The predicted octanol–water partition coefficient (Wildman–Crippen LogP) is 2.54. The Kier molecular flexibility index (Phi) is 12.2. The number of rotatable bonds is 15. The maximum Gasteiger partial charge on any atom is 0.233 e. The van der Waals surface area contributed by atoms with Crippen LogP contribution in [-0.2, 0) is 25.5 Å². The van der Waals surface area contributed by atoms with E-state index < -0.39 is 17.9 Å². The van der Waals surface area contributed by atoms with Crippen molar-refractivity contribution in [2.45, 2.75) is 52.5 Å². The first kappa shape index (κ1) is 28.0. The fraction of sp³-hybridized carbons (Fsp3) is 0.654. The Labute approximate surface area is 203 Å². The molecule has 0 bridgehead atoms. The van der Waals surface area contributed by atoms with Crippen LogP contribution in [0.4, 0.5) is 0 Å². The summed E-state index contributed by atoms with van der Waals surface area (Å²) in [7, 11) is 0. The van der Waals surface area contributed by atoms with Gasteiger partial charge in [-0.05, 0) is 37.7 Å². The molecule has 0 aliphatic carbocycles. The minimum Gasteiger partial charge on any atom is -0.379 e. The standard InChI is InChI=1S/C26H41N3O5/c1-20(2)24(26(32)27-12-13-28-14-16-34-17-15-28)18-25(31)23(21(3)29(33)19-30)11-7-10-22-8-5-4-6-9-22/h4-6,8-9,19-21,23-24,33H,7,10-18H2,1-3H3,(H,27,32)/t21-,23+,24-/m0/s1. The summed E-state index contributed by atoms with van der Waals surface area (Å²) in [5.41, 5.74) is 1.18. The van der Waals surface area contributed by atoms with Crippen molar-refractivity contribution < 1.29 is 24.3 Å². The van der Waals surface area contributed by atoms with E-state index in [9.17, 15) is 19.6 Å². The van der Waals surface area contributed by atoms with Gasteiger partial charge in [-0.2, -0.15) is 0 Å². The molecule has 0 unspecified atom stereocenters. The number of ether oxygens (including phenoxy) is 1. The van der Waals surface area contributed by atoms with Crippen LogP contribution in [0.2, 0.25) is 0 Å². The van der Waals surface area contributed by atoms with Crippen LogP contribution in [0, 0.1) is 17.8 Å². The number of morpholine rings is 1. The zero-order valence-electron chi connectivity index (χ0n) is 20.8. The number of Topliss-reactive ketones (excluding diaryl/α,β-unsaturated/α-hetero) is 1. The van der Waals surface area contributed by atoms with Crippen LogP contribution in [0.5, 0.6) is 0 Å². The molecule has 1 aromatic rings. The van der Waals surface area contributed by atoms with Crippen LogP contribution < -0.4 is 5.32 Å². The number of hydrogen-bond donors (Lipinski definition) is 2. The number of nitrogens with zero attached hydrogens (tertiary/aromatic N) is 2. The molecule has 1 heterocycles. The molecular formula is C26H41N3O5. The third kappa shape index (κ3) is 9.16. The highest BCUT2D eigenvalue weighted by atomic mass is 16.5. The summed E-state index contributed by atoms with van der Waals surface area (Å²) in [5.74, 6) is -1.22. The van der Waals surface area contributed by atoms with Crippen molar-refractivity contribution >= 4 is 18.1 Å². The second-order valence-electron chi connectivity index (χ2n) is 9.48. The van der Waals surface area contributed by atoms with E-state index in [4.69, 9.17) is 4.74 Å². The minimum atomic E-state index is -0.655. The van der Waals surface area contributed by atoms with Gasteiger partial charge in [-0.15, -0.1) is 0 Å². The second kappa shape index (κ2) is 14.9. The van der Waals surface area contributed by atoms with Gasteiger partial charge in [0.05, 0.1) is 19.3 Å². The first-order valence-corrected chi connectivity index (χ1v) is 12.4. The third-order valence-corrected chi connectivity index (χ3v) is 6.74. The highest BCUT2D eigenvalue weighted by molar-refractivity contribution is 5.88. The van der Waals surface area contributed by atoms with E-state index in [1.165, 1.54) is 5.56 Å². The van der Waals surface area contributed by atoms with Crippen LogP contribution in [0.25, 0.3) is 0 Å². The molecule has 0 aromatic heterocycles. The number of nitrogens with one attached hydrogen (secondary N) is 1. The van der Waals surface area contributed by atoms with E-state index >= 15 is 0 Å². The SMILES string of the molecule is CC(C)[C@H](CC(=O)[C@H](CCCc1ccccc1)[C@H](C)N(O)C=O)C(=O)NCCN1CCOCC1. The molecule has 0 saturated carbocycles. The molecule has 0 radical (unpaired) electrons. The van der Waals surface area contributed by atoms with Gasteiger partial charge in [-0.3, -0.25) is 24.5 Å².